The largest absolute Gasteiger partial charge is 0.459 e. The average molecular weight is 269 g/mol. The van der Waals surface area contributed by atoms with Crippen LogP contribution in [0.1, 0.15) is 47.5 Å². The summed E-state index contributed by atoms with van der Waals surface area (Å²) in [5, 5.41) is 3.63. The lowest BCUT2D eigenvalue weighted by Crippen LogP contribution is -2.25. The Bertz CT molecular complexity index is 363. The van der Waals surface area contributed by atoms with Crippen molar-refractivity contribution in [3.8, 4) is 0 Å². The lowest BCUT2D eigenvalue weighted by Gasteiger charge is -2.20. The van der Waals surface area contributed by atoms with Gasteiger partial charge < -0.3 is 4.74 Å². The zero-order valence-corrected chi connectivity index (χ0v) is 12.6. The summed E-state index contributed by atoms with van der Waals surface area (Å²) in [6, 6.07) is 0. The average Bonchev–Trinajstić information content (AvgIpc) is 2.22. The number of carbonyl (C=O) groups is 1. The second-order valence-corrected chi connectivity index (χ2v) is 6.19. The highest BCUT2D eigenvalue weighted by atomic mass is 16.6. The van der Waals surface area contributed by atoms with Crippen LogP contribution >= 0.6 is 0 Å². The minimum absolute atomic E-state index is 0.0334. The van der Waals surface area contributed by atoms with Crippen LogP contribution in [0.5, 0.6) is 0 Å². The molecule has 0 saturated carbocycles. The van der Waals surface area contributed by atoms with E-state index < -0.39 is 5.60 Å². The van der Waals surface area contributed by atoms with Crippen LogP contribution in [0, 0.1) is 10.9 Å². The van der Waals surface area contributed by atoms with E-state index in [1.165, 1.54) is 0 Å². The molecular weight excluding hydrogens is 244 g/mol. The summed E-state index contributed by atoms with van der Waals surface area (Å²) in [6.07, 6.45) is 3.33. The maximum atomic E-state index is 11.4. The van der Waals surface area contributed by atoms with E-state index in [0.29, 0.717) is 6.54 Å². The predicted molar refractivity (Wildman–Crippen MR) is 74.4 cm³/mol. The molecule has 0 unspecified atom stereocenters. The number of nitrogens with one attached hydrogen (secondary N) is 1. The first kappa shape index (κ1) is 17.4. The number of ether oxygens (including phenoxy) is 1. The zero-order valence-electron chi connectivity index (χ0n) is 12.6. The molecule has 6 nitrogen and oxygen atoms in total. The Labute approximate surface area is 114 Å². The first-order valence-corrected chi connectivity index (χ1v) is 6.40. The minimum Gasteiger partial charge on any atom is -0.459 e. The van der Waals surface area contributed by atoms with Crippen LogP contribution < -0.4 is 4.91 Å². The van der Waals surface area contributed by atoms with Gasteiger partial charge in [0.2, 0.25) is 4.91 Å². The van der Waals surface area contributed by atoms with Gasteiger partial charge in [-0.3, -0.25) is 9.79 Å². The fraction of sp³-hybridized carbons (Fsp3) is 0.846. The molecule has 0 radical (unpaired) electrons. The third-order valence-electron chi connectivity index (χ3n) is 2.37. The van der Waals surface area contributed by atoms with E-state index in [0.717, 1.165) is 12.8 Å². The van der Waals surface area contributed by atoms with Crippen LogP contribution in [-0.4, -0.2) is 30.9 Å². The SMILES string of the molecule is CC(C)(CC=NCC(=O)OC(C)(C)C)CCN=[N+]=N. The third-order valence-corrected chi connectivity index (χ3v) is 2.37. The van der Waals surface area contributed by atoms with Gasteiger partial charge in [-0.2, -0.15) is 0 Å². The Morgan fingerprint density at radius 2 is 1.95 bits per heavy atom. The van der Waals surface area contributed by atoms with Crippen molar-refractivity contribution in [2.75, 3.05) is 13.1 Å². The van der Waals surface area contributed by atoms with Gasteiger partial charge in [0.05, 0.1) is 0 Å². The zero-order chi connectivity index (χ0) is 14.9. The van der Waals surface area contributed by atoms with Gasteiger partial charge in [-0.25, -0.2) is 0 Å². The predicted octanol–water partition coefficient (Wildman–Crippen LogP) is 2.76. The Morgan fingerprint density at radius 1 is 1.32 bits per heavy atom. The van der Waals surface area contributed by atoms with Gasteiger partial charge in [-0.05, 0) is 45.2 Å². The summed E-state index contributed by atoms with van der Waals surface area (Å²) in [5.74, 6) is -0.315. The molecule has 0 bridgehead atoms. The quantitative estimate of drug-likeness (QED) is 0.333. The van der Waals surface area contributed by atoms with Crippen molar-refractivity contribution in [3.63, 3.8) is 0 Å². The molecule has 108 valence electrons. The summed E-state index contributed by atoms with van der Waals surface area (Å²) in [4.78, 5) is 18.5. The highest BCUT2D eigenvalue weighted by Crippen LogP contribution is 2.23. The highest BCUT2D eigenvalue weighted by Gasteiger charge is 2.18. The van der Waals surface area contributed by atoms with Crippen LogP contribution in [0.15, 0.2) is 10.1 Å². The molecule has 0 aromatic carbocycles. The van der Waals surface area contributed by atoms with E-state index in [9.17, 15) is 4.79 Å². The van der Waals surface area contributed by atoms with Gasteiger partial charge in [-0.1, -0.05) is 13.8 Å². The van der Waals surface area contributed by atoms with Gasteiger partial charge in [0.1, 0.15) is 29.3 Å². The number of hydrogen-bond donors (Lipinski definition) is 1. The molecule has 6 heteroatoms. The highest BCUT2D eigenvalue weighted by molar-refractivity contribution is 5.74. The molecule has 0 saturated heterocycles. The lowest BCUT2D eigenvalue weighted by atomic mass is 9.86. The molecule has 0 fully saturated rings. The van der Waals surface area contributed by atoms with Crippen LogP contribution in [0.25, 0.3) is 0 Å². The molecule has 1 N–H and O–H groups in total. The lowest BCUT2D eigenvalue weighted by molar-refractivity contribution is -0.152. The van der Waals surface area contributed by atoms with E-state index in [1.54, 1.807) is 6.21 Å². The van der Waals surface area contributed by atoms with E-state index in [2.05, 4.69) is 28.9 Å². The molecule has 0 heterocycles. The van der Waals surface area contributed by atoms with Gasteiger partial charge >= 0.3 is 5.97 Å². The standard InChI is InChI=1S/C13H25N4O2/c1-12(2,3)19-11(18)10-15-8-6-13(4,5)7-9-16-17-14/h8,14H,6-7,9-10H2,1-5H3/q+1. The van der Waals surface area contributed by atoms with Crippen molar-refractivity contribution in [2.24, 2.45) is 15.5 Å². The van der Waals surface area contributed by atoms with Crippen molar-refractivity contribution in [1.82, 2.24) is 4.91 Å². The van der Waals surface area contributed by atoms with E-state index in [-0.39, 0.29) is 17.9 Å². The molecular formula is C13H25N4O2+. The molecule has 0 atom stereocenters. The first-order chi connectivity index (χ1) is 8.66. The van der Waals surface area contributed by atoms with Crippen molar-refractivity contribution in [3.05, 3.63) is 0 Å². The Balaban J connectivity index is 4.01. The molecule has 0 aliphatic rings. The number of esters is 1. The number of aliphatic imine (C=N–C) groups is 1. The van der Waals surface area contributed by atoms with Gasteiger partial charge in [0.25, 0.3) is 0 Å². The van der Waals surface area contributed by atoms with E-state index in [4.69, 9.17) is 10.3 Å². The van der Waals surface area contributed by atoms with Crippen LogP contribution in [0.2, 0.25) is 0 Å². The maximum Gasteiger partial charge on any atom is 0.328 e. The van der Waals surface area contributed by atoms with Crippen LogP contribution in [0.4, 0.5) is 0 Å². The van der Waals surface area contributed by atoms with Crippen molar-refractivity contribution in [2.45, 2.75) is 53.1 Å². The Morgan fingerprint density at radius 3 is 2.47 bits per heavy atom. The molecule has 0 aromatic heterocycles. The Hall–Kier alpha value is -1.55. The van der Waals surface area contributed by atoms with E-state index >= 15 is 0 Å². The van der Waals surface area contributed by atoms with Crippen molar-refractivity contribution in [1.29, 1.82) is 5.53 Å². The summed E-state index contributed by atoms with van der Waals surface area (Å²) < 4.78 is 5.15. The van der Waals surface area contributed by atoms with Crippen LogP contribution in [0.3, 0.4) is 0 Å². The molecule has 0 aliphatic carbocycles. The van der Waals surface area contributed by atoms with E-state index in [1.807, 2.05) is 20.8 Å². The van der Waals surface area contributed by atoms with Crippen molar-refractivity contribution < 1.29 is 9.53 Å². The fourth-order valence-electron chi connectivity index (χ4n) is 1.33. The molecule has 0 amide bonds. The number of hydrogen-bond acceptors (Lipinski definition) is 5. The monoisotopic (exact) mass is 269 g/mol. The maximum absolute atomic E-state index is 11.4. The second-order valence-electron chi connectivity index (χ2n) is 6.19. The van der Waals surface area contributed by atoms with Gasteiger partial charge in [0, 0.05) is 0 Å². The molecule has 19 heavy (non-hydrogen) atoms. The minimum atomic E-state index is -0.465. The topological polar surface area (TPSA) is 89.0 Å². The second kappa shape index (κ2) is 7.79. The summed E-state index contributed by atoms with van der Waals surface area (Å²) in [7, 11) is 0. The van der Waals surface area contributed by atoms with Crippen LogP contribution in [-0.2, 0) is 9.53 Å². The fourth-order valence-corrected chi connectivity index (χ4v) is 1.33. The first-order valence-electron chi connectivity index (χ1n) is 6.40. The smallest absolute Gasteiger partial charge is 0.328 e. The third kappa shape index (κ3) is 11.3. The molecule has 0 aromatic rings. The van der Waals surface area contributed by atoms with Gasteiger partial charge in [0.15, 0.2) is 0 Å². The van der Waals surface area contributed by atoms with Gasteiger partial charge in [-0.15, -0.1) is 0 Å². The molecule has 0 spiro atoms. The summed E-state index contributed by atoms with van der Waals surface area (Å²) >= 11 is 0. The molecule has 0 rings (SSSR count). The summed E-state index contributed by atoms with van der Waals surface area (Å²) in [6.45, 7) is 10.3. The number of nitrogens with zero attached hydrogens (tertiary/aromatic N) is 3. The summed E-state index contributed by atoms with van der Waals surface area (Å²) in [5.41, 5.74) is 6.15. The van der Waals surface area contributed by atoms with Crippen molar-refractivity contribution >= 4 is 12.2 Å². The number of rotatable bonds is 7. The molecule has 0 aliphatic heterocycles. The normalized spacial score (nSPS) is 12.3. The number of carbonyl (C=O) groups excluding carboxylic acids is 1. The Kier molecular flexibility index (Phi) is 7.16.